The molecule has 0 bridgehead atoms. The molecule has 1 aliphatic rings. The number of rotatable bonds is 5. The highest BCUT2D eigenvalue weighted by atomic mass is 32.2. The number of carbonyl (C=O) groups excluding carboxylic acids is 1. The molecular formula is C20H20FNO6S. The maximum atomic E-state index is 14.0. The first-order chi connectivity index (χ1) is 13.6. The highest BCUT2D eigenvalue weighted by Crippen LogP contribution is 2.39. The van der Waals surface area contributed by atoms with Crippen LogP contribution in [0.25, 0.3) is 0 Å². The van der Waals surface area contributed by atoms with E-state index < -0.39 is 44.7 Å². The molecule has 0 saturated carbocycles. The Labute approximate surface area is 167 Å². The number of sulfonamides is 1. The Kier molecular flexibility index (Phi) is 5.61. The summed E-state index contributed by atoms with van der Waals surface area (Å²) in [7, 11) is -4.35. The lowest BCUT2D eigenvalue weighted by molar-refractivity contribution is -0.147. The normalized spacial score (nSPS) is 18.6. The molecular weight excluding hydrogens is 401 g/mol. The van der Waals surface area contributed by atoms with Crippen LogP contribution in [0.2, 0.25) is 0 Å². The van der Waals surface area contributed by atoms with Gasteiger partial charge in [0.25, 0.3) is 10.0 Å². The Balaban J connectivity index is 2.08. The molecule has 0 fully saturated rings. The summed E-state index contributed by atoms with van der Waals surface area (Å²) < 4.78 is 46.8. The molecule has 0 saturated heterocycles. The molecule has 0 spiro atoms. The van der Waals surface area contributed by atoms with Crippen LogP contribution in [0.4, 0.5) is 10.1 Å². The molecule has 3 rings (SSSR count). The third kappa shape index (κ3) is 4.09. The molecule has 154 valence electrons. The zero-order valence-electron chi connectivity index (χ0n) is 15.8. The number of anilines is 1. The molecule has 0 amide bonds. The van der Waals surface area contributed by atoms with E-state index in [0.29, 0.717) is 18.4 Å². The Morgan fingerprint density at radius 1 is 1.21 bits per heavy atom. The Bertz CT molecular complexity index is 1080. The van der Waals surface area contributed by atoms with Gasteiger partial charge >= 0.3 is 11.9 Å². The van der Waals surface area contributed by atoms with Crippen molar-refractivity contribution in [1.29, 1.82) is 0 Å². The summed E-state index contributed by atoms with van der Waals surface area (Å²) in [6.07, 6.45) is 0.502. The molecule has 2 aromatic rings. The van der Waals surface area contributed by atoms with E-state index in [4.69, 9.17) is 4.74 Å². The Hall–Kier alpha value is -2.94. The number of fused-ring (bicyclic) bond motifs is 1. The molecule has 2 N–H and O–H groups in total. The maximum absolute atomic E-state index is 14.0. The lowest BCUT2D eigenvalue weighted by atomic mass is 9.78. The number of halogens is 1. The fraction of sp³-hybridized carbons (Fsp3) is 0.300. The molecule has 1 aliphatic carbocycles. The van der Waals surface area contributed by atoms with Crippen molar-refractivity contribution >= 4 is 27.6 Å². The predicted octanol–water partition coefficient (Wildman–Crippen LogP) is 3.31. The van der Waals surface area contributed by atoms with Crippen LogP contribution in [0.15, 0.2) is 41.3 Å². The van der Waals surface area contributed by atoms with Crippen LogP contribution in [0.5, 0.6) is 0 Å². The third-order valence-corrected chi connectivity index (χ3v) is 6.35. The smallest absolute Gasteiger partial charge is 0.338 e. The van der Waals surface area contributed by atoms with E-state index in [2.05, 4.69) is 4.72 Å². The first-order valence-corrected chi connectivity index (χ1v) is 10.4. The van der Waals surface area contributed by atoms with Crippen LogP contribution in [0.3, 0.4) is 0 Å². The predicted molar refractivity (Wildman–Crippen MR) is 103 cm³/mol. The number of nitrogens with one attached hydrogen (secondary N) is 1. The van der Waals surface area contributed by atoms with E-state index in [1.807, 2.05) is 0 Å². The molecule has 0 radical (unpaired) electrons. The number of hydrogen-bond acceptors (Lipinski definition) is 5. The van der Waals surface area contributed by atoms with Crippen molar-refractivity contribution in [3.8, 4) is 0 Å². The van der Waals surface area contributed by atoms with Crippen LogP contribution < -0.4 is 4.72 Å². The van der Waals surface area contributed by atoms with Gasteiger partial charge in [-0.15, -0.1) is 0 Å². The first kappa shape index (κ1) is 20.8. The van der Waals surface area contributed by atoms with Gasteiger partial charge in [-0.05, 0) is 42.2 Å². The molecule has 0 aromatic heterocycles. The maximum Gasteiger partial charge on any atom is 0.338 e. The number of carbonyl (C=O) groups is 2. The van der Waals surface area contributed by atoms with Gasteiger partial charge in [0.05, 0.1) is 11.3 Å². The van der Waals surface area contributed by atoms with E-state index in [1.165, 1.54) is 25.1 Å². The van der Waals surface area contributed by atoms with Crippen molar-refractivity contribution in [2.75, 3.05) is 4.72 Å². The highest BCUT2D eigenvalue weighted by molar-refractivity contribution is 7.92. The van der Waals surface area contributed by atoms with Crippen molar-refractivity contribution in [3.05, 3.63) is 58.9 Å². The van der Waals surface area contributed by atoms with E-state index >= 15 is 0 Å². The molecule has 7 nitrogen and oxygen atoms in total. The van der Waals surface area contributed by atoms with Gasteiger partial charge in [0.15, 0.2) is 0 Å². The van der Waals surface area contributed by atoms with Gasteiger partial charge in [0.2, 0.25) is 0 Å². The van der Waals surface area contributed by atoms with Crippen LogP contribution in [-0.4, -0.2) is 31.6 Å². The van der Waals surface area contributed by atoms with E-state index in [1.54, 1.807) is 13.0 Å². The topological polar surface area (TPSA) is 110 Å². The quantitative estimate of drug-likeness (QED) is 0.717. The zero-order chi connectivity index (χ0) is 21.3. The standard InChI is InChI=1S/C20H20FNO6S/c1-11-16(28-12(2)23)10-8-13-7-9-15(19(18(11)13)20(24)25)22-29(26,27)17-6-4-3-5-14(17)21/h3-7,9,11,16,22H,8,10H2,1-2H3,(H,24,25)/t11-,16+/m1/s1. The summed E-state index contributed by atoms with van der Waals surface area (Å²) in [5.74, 6) is -3.20. The van der Waals surface area contributed by atoms with Crippen molar-refractivity contribution in [2.45, 2.75) is 43.6 Å². The van der Waals surface area contributed by atoms with Crippen molar-refractivity contribution in [1.82, 2.24) is 0 Å². The molecule has 0 unspecified atom stereocenters. The average Bonchev–Trinajstić information content (AvgIpc) is 2.63. The summed E-state index contributed by atoms with van der Waals surface area (Å²) in [6, 6.07) is 7.82. The highest BCUT2D eigenvalue weighted by Gasteiger charge is 2.34. The van der Waals surface area contributed by atoms with E-state index in [0.717, 1.165) is 17.7 Å². The largest absolute Gasteiger partial charge is 0.478 e. The SMILES string of the molecule is CC(=O)O[C@H]1CCc2ccc(NS(=O)(=O)c3ccccc3F)c(C(=O)O)c2[C@@H]1C. The number of ether oxygens (including phenoxy) is 1. The fourth-order valence-electron chi connectivity index (χ4n) is 3.69. The first-order valence-electron chi connectivity index (χ1n) is 8.95. The Morgan fingerprint density at radius 3 is 2.52 bits per heavy atom. The van der Waals surface area contributed by atoms with Crippen LogP contribution >= 0.6 is 0 Å². The number of aromatic carboxylic acids is 1. The Morgan fingerprint density at radius 2 is 1.90 bits per heavy atom. The summed E-state index contributed by atoms with van der Waals surface area (Å²) in [4.78, 5) is 22.8. The second-order valence-electron chi connectivity index (χ2n) is 6.88. The molecule has 2 aromatic carbocycles. The molecule has 9 heteroatoms. The van der Waals surface area contributed by atoms with Gasteiger partial charge in [-0.25, -0.2) is 17.6 Å². The summed E-state index contributed by atoms with van der Waals surface area (Å²) in [5.41, 5.74) is 0.748. The third-order valence-electron chi connectivity index (χ3n) is 4.95. The number of aryl methyl sites for hydroxylation is 1. The van der Waals surface area contributed by atoms with E-state index in [-0.39, 0.29) is 11.3 Å². The minimum atomic E-state index is -4.35. The van der Waals surface area contributed by atoms with Gasteiger partial charge < -0.3 is 9.84 Å². The molecule has 0 heterocycles. The number of hydrogen-bond donors (Lipinski definition) is 2. The second kappa shape index (κ2) is 7.82. The number of benzene rings is 2. The number of carboxylic acids is 1. The van der Waals surface area contributed by atoms with E-state index in [9.17, 15) is 27.5 Å². The molecule has 2 atom stereocenters. The second-order valence-corrected chi connectivity index (χ2v) is 8.53. The zero-order valence-corrected chi connectivity index (χ0v) is 16.6. The van der Waals surface area contributed by atoms with Gasteiger partial charge in [0, 0.05) is 12.8 Å². The van der Waals surface area contributed by atoms with Gasteiger partial charge in [-0.1, -0.05) is 25.1 Å². The van der Waals surface area contributed by atoms with Gasteiger partial charge in [0.1, 0.15) is 16.8 Å². The fourth-order valence-corrected chi connectivity index (χ4v) is 4.84. The molecule has 29 heavy (non-hydrogen) atoms. The summed E-state index contributed by atoms with van der Waals surface area (Å²) in [5, 5.41) is 9.81. The lowest BCUT2D eigenvalue weighted by Crippen LogP contribution is -2.30. The lowest BCUT2D eigenvalue weighted by Gasteiger charge is -2.32. The van der Waals surface area contributed by atoms with Gasteiger partial charge in [-0.2, -0.15) is 0 Å². The summed E-state index contributed by atoms with van der Waals surface area (Å²) in [6.45, 7) is 3.01. The van der Waals surface area contributed by atoms with Crippen molar-refractivity contribution in [2.24, 2.45) is 0 Å². The van der Waals surface area contributed by atoms with Crippen molar-refractivity contribution < 1.29 is 32.2 Å². The number of carboxylic acid groups (broad SMARTS) is 1. The monoisotopic (exact) mass is 421 g/mol. The molecule has 0 aliphatic heterocycles. The minimum Gasteiger partial charge on any atom is -0.478 e. The van der Waals surface area contributed by atoms with Crippen molar-refractivity contribution in [3.63, 3.8) is 0 Å². The number of esters is 1. The average molecular weight is 421 g/mol. The van der Waals surface area contributed by atoms with Crippen LogP contribution in [0.1, 0.15) is 47.7 Å². The minimum absolute atomic E-state index is 0.171. The van der Waals surface area contributed by atoms with Crippen LogP contribution in [-0.2, 0) is 26.0 Å². The van der Waals surface area contributed by atoms with Crippen LogP contribution in [0, 0.1) is 5.82 Å². The summed E-state index contributed by atoms with van der Waals surface area (Å²) >= 11 is 0. The van der Waals surface area contributed by atoms with Gasteiger partial charge in [-0.3, -0.25) is 9.52 Å².